The van der Waals surface area contributed by atoms with Gasteiger partial charge in [-0.3, -0.25) is 0 Å². The van der Waals surface area contributed by atoms with E-state index in [1.807, 2.05) is 13.1 Å². The van der Waals surface area contributed by atoms with Gasteiger partial charge >= 0.3 is 0 Å². The fourth-order valence-electron chi connectivity index (χ4n) is 1.55. The fourth-order valence-corrected chi connectivity index (χ4v) is 1.91. The number of hydrogen-bond donors (Lipinski definition) is 2. The van der Waals surface area contributed by atoms with E-state index in [0.717, 1.165) is 23.5 Å². The summed E-state index contributed by atoms with van der Waals surface area (Å²) in [6, 6.07) is 8.48. The van der Waals surface area contributed by atoms with Crippen LogP contribution in [0, 0.1) is 3.57 Å². The van der Waals surface area contributed by atoms with Crippen molar-refractivity contribution in [1.29, 1.82) is 0 Å². The van der Waals surface area contributed by atoms with Crippen molar-refractivity contribution in [1.82, 2.24) is 9.97 Å². The predicted octanol–water partition coefficient (Wildman–Crippen LogP) is 2.57. The highest BCUT2D eigenvalue weighted by Crippen LogP contribution is 2.18. The molecular formula is C12H14IN3. The molecule has 0 aliphatic heterocycles. The number of halogens is 1. The molecule has 1 heterocycles. The lowest BCUT2D eigenvalue weighted by atomic mass is 10.2. The number of imidazole rings is 1. The van der Waals surface area contributed by atoms with Crippen molar-refractivity contribution < 1.29 is 0 Å². The zero-order valence-electron chi connectivity index (χ0n) is 9.07. The van der Waals surface area contributed by atoms with Gasteiger partial charge in [0, 0.05) is 16.0 Å². The van der Waals surface area contributed by atoms with Crippen molar-refractivity contribution >= 4 is 22.6 Å². The first-order valence-electron chi connectivity index (χ1n) is 5.20. The predicted molar refractivity (Wildman–Crippen MR) is 74.1 cm³/mol. The highest BCUT2D eigenvalue weighted by Gasteiger charge is 2.04. The average molecular weight is 327 g/mol. The van der Waals surface area contributed by atoms with Gasteiger partial charge in [0.2, 0.25) is 0 Å². The van der Waals surface area contributed by atoms with Gasteiger partial charge < -0.3 is 10.7 Å². The molecule has 0 radical (unpaired) electrons. The molecule has 0 amide bonds. The van der Waals surface area contributed by atoms with E-state index in [1.54, 1.807) is 0 Å². The second kappa shape index (κ2) is 4.97. The first-order chi connectivity index (χ1) is 7.65. The minimum absolute atomic E-state index is 0.135. The van der Waals surface area contributed by atoms with Crippen molar-refractivity contribution in [2.45, 2.75) is 19.4 Å². The number of nitrogens with zero attached hydrogens (tertiary/aromatic N) is 1. The molecule has 0 aliphatic rings. The largest absolute Gasteiger partial charge is 0.342 e. The van der Waals surface area contributed by atoms with Crippen LogP contribution in [0.4, 0.5) is 0 Å². The molecule has 16 heavy (non-hydrogen) atoms. The summed E-state index contributed by atoms with van der Waals surface area (Å²) in [6.07, 6.45) is 2.64. The van der Waals surface area contributed by atoms with Crippen LogP contribution in [0.1, 0.15) is 12.7 Å². The molecule has 1 atom stereocenters. The molecule has 3 nitrogen and oxygen atoms in total. The number of aromatic amines is 1. The van der Waals surface area contributed by atoms with E-state index in [-0.39, 0.29) is 6.04 Å². The monoisotopic (exact) mass is 327 g/mol. The highest BCUT2D eigenvalue weighted by atomic mass is 127. The Bertz CT molecular complexity index is 459. The Kier molecular flexibility index (Phi) is 3.60. The van der Waals surface area contributed by atoms with Crippen LogP contribution in [0.3, 0.4) is 0 Å². The topological polar surface area (TPSA) is 54.7 Å². The number of benzene rings is 1. The number of aromatic nitrogens is 2. The zero-order valence-corrected chi connectivity index (χ0v) is 11.2. The summed E-state index contributed by atoms with van der Waals surface area (Å²) in [4.78, 5) is 7.60. The molecule has 0 fully saturated rings. The molecule has 84 valence electrons. The van der Waals surface area contributed by atoms with Crippen LogP contribution in [-0.2, 0) is 6.42 Å². The Labute approximate surface area is 109 Å². The molecule has 0 bridgehead atoms. The van der Waals surface area contributed by atoms with Crippen molar-refractivity contribution in [2.75, 3.05) is 0 Å². The van der Waals surface area contributed by atoms with Gasteiger partial charge in [0.1, 0.15) is 5.82 Å². The van der Waals surface area contributed by atoms with E-state index in [2.05, 4.69) is 56.8 Å². The van der Waals surface area contributed by atoms with Gasteiger partial charge in [-0.05, 0) is 47.2 Å². The number of rotatable bonds is 3. The smallest absolute Gasteiger partial charge is 0.108 e. The summed E-state index contributed by atoms with van der Waals surface area (Å²) in [5.74, 6) is 0.948. The molecule has 3 N–H and O–H groups in total. The fraction of sp³-hybridized carbons (Fsp3) is 0.250. The van der Waals surface area contributed by atoms with Gasteiger partial charge in [-0.15, -0.1) is 0 Å². The summed E-state index contributed by atoms with van der Waals surface area (Å²) in [5.41, 5.74) is 7.94. The van der Waals surface area contributed by atoms with E-state index in [9.17, 15) is 0 Å². The normalized spacial score (nSPS) is 12.7. The molecule has 1 unspecified atom stereocenters. The molecule has 4 heteroatoms. The minimum Gasteiger partial charge on any atom is -0.342 e. The number of nitrogens with one attached hydrogen (secondary N) is 1. The molecule has 2 rings (SSSR count). The van der Waals surface area contributed by atoms with Gasteiger partial charge in [-0.2, -0.15) is 0 Å². The van der Waals surface area contributed by atoms with E-state index in [4.69, 9.17) is 5.73 Å². The van der Waals surface area contributed by atoms with Crippen LogP contribution in [0.5, 0.6) is 0 Å². The summed E-state index contributed by atoms with van der Waals surface area (Å²) in [7, 11) is 0. The molecule has 0 saturated carbocycles. The van der Waals surface area contributed by atoms with Gasteiger partial charge in [-0.1, -0.05) is 12.1 Å². The van der Waals surface area contributed by atoms with Gasteiger partial charge in [0.25, 0.3) is 0 Å². The lowest BCUT2D eigenvalue weighted by Crippen LogP contribution is -2.18. The third kappa shape index (κ3) is 2.82. The average Bonchev–Trinajstić information content (AvgIpc) is 2.66. The molecule has 0 aliphatic carbocycles. The SMILES string of the molecule is CC(N)Cc1ncc(-c2ccc(I)cc2)[nH]1. The Balaban J connectivity index is 2.21. The Morgan fingerprint density at radius 1 is 1.38 bits per heavy atom. The van der Waals surface area contributed by atoms with Crippen LogP contribution >= 0.6 is 22.6 Å². The maximum atomic E-state index is 5.73. The Hall–Kier alpha value is -0.880. The molecule has 2 aromatic rings. The van der Waals surface area contributed by atoms with Crippen molar-refractivity contribution in [3.63, 3.8) is 0 Å². The van der Waals surface area contributed by atoms with E-state index < -0.39 is 0 Å². The van der Waals surface area contributed by atoms with Crippen LogP contribution in [0.25, 0.3) is 11.3 Å². The molecule has 0 spiro atoms. The van der Waals surface area contributed by atoms with Gasteiger partial charge in [0.15, 0.2) is 0 Å². The Morgan fingerprint density at radius 2 is 2.06 bits per heavy atom. The van der Waals surface area contributed by atoms with Crippen LogP contribution in [-0.4, -0.2) is 16.0 Å². The third-order valence-corrected chi connectivity index (χ3v) is 3.02. The van der Waals surface area contributed by atoms with E-state index in [0.29, 0.717) is 0 Å². The van der Waals surface area contributed by atoms with Gasteiger partial charge in [0.05, 0.1) is 11.9 Å². The van der Waals surface area contributed by atoms with E-state index in [1.165, 1.54) is 3.57 Å². The molecule has 1 aromatic heterocycles. The first-order valence-corrected chi connectivity index (χ1v) is 6.28. The summed E-state index contributed by atoms with van der Waals surface area (Å²) in [5, 5.41) is 0. The lowest BCUT2D eigenvalue weighted by molar-refractivity contribution is 0.710. The van der Waals surface area contributed by atoms with Crippen molar-refractivity contribution in [2.24, 2.45) is 5.73 Å². The maximum Gasteiger partial charge on any atom is 0.108 e. The van der Waals surface area contributed by atoms with Crippen molar-refractivity contribution in [3.05, 3.63) is 39.9 Å². The summed E-state index contributed by atoms with van der Waals surface area (Å²) < 4.78 is 1.23. The zero-order chi connectivity index (χ0) is 11.5. The first kappa shape index (κ1) is 11.6. The number of H-pyrrole nitrogens is 1. The van der Waals surface area contributed by atoms with E-state index >= 15 is 0 Å². The number of nitrogens with two attached hydrogens (primary N) is 1. The molecule has 0 saturated heterocycles. The summed E-state index contributed by atoms with van der Waals surface area (Å²) in [6.45, 7) is 1.98. The van der Waals surface area contributed by atoms with Crippen LogP contribution < -0.4 is 5.73 Å². The third-order valence-electron chi connectivity index (χ3n) is 2.30. The second-order valence-corrected chi connectivity index (χ2v) is 5.18. The highest BCUT2D eigenvalue weighted by molar-refractivity contribution is 14.1. The number of hydrogen-bond acceptors (Lipinski definition) is 2. The minimum atomic E-state index is 0.135. The summed E-state index contributed by atoms with van der Waals surface area (Å²) >= 11 is 2.29. The standard InChI is InChI=1S/C12H14IN3/c1-8(14)6-12-15-7-11(16-12)9-2-4-10(13)5-3-9/h2-5,7-8H,6,14H2,1H3,(H,15,16). The van der Waals surface area contributed by atoms with Crippen molar-refractivity contribution in [3.8, 4) is 11.3 Å². The van der Waals surface area contributed by atoms with Gasteiger partial charge in [-0.25, -0.2) is 4.98 Å². The molecular weight excluding hydrogens is 313 g/mol. The van der Waals surface area contributed by atoms with Crippen LogP contribution in [0.2, 0.25) is 0 Å². The lowest BCUT2D eigenvalue weighted by Gasteiger charge is -2.00. The maximum absolute atomic E-state index is 5.73. The second-order valence-electron chi connectivity index (χ2n) is 3.93. The van der Waals surface area contributed by atoms with Crippen LogP contribution in [0.15, 0.2) is 30.5 Å². The quantitative estimate of drug-likeness (QED) is 0.852. The molecule has 1 aromatic carbocycles. The Morgan fingerprint density at radius 3 is 2.69 bits per heavy atom.